The molecule has 0 atom stereocenters. The minimum absolute atomic E-state index is 0.292. The minimum atomic E-state index is -0.292. The number of hydrogen-bond acceptors (Lipinski definition) is 4. The van der Waals surface area contributed by atoms with Crippen LogP contribution in [0.1, 0.15) is 6.42 Å². The van der Waals surface area contributed by atoms with Crippen LogP contribution in [0.4, 0.5) is 10.2 Å². The molecular formula is C17H16FN3S. The van der Waals surface area contributed by atoms with E-state index in [0.29, 0.717) is 16.7 Å². The topological polar surface area (TPSA) is 37.8 Å². The number of benzene rings is 2. The van der Waals surface area contributed by atoms with Gasteiger partial charge >= 0.3 is 0 Å². The Hall–Kier alpha value is -2.14. The normalized spacial score (nSPS) is 10.8. The molecule has 3 rings (SSSR count). The lowest BCUT2D eigenvalue weighted by Crippen LogP contribution is -2.06. The van der Waals surface area contributed by atoms with Crippen LogP contribution in [0, 0.1) is 5.82 Å². The summed E-state index contributed by atoms with van der Waals surface area (Å²) in [5.74, 6) is 1.27. The van der Waals surface area contributed by atoms with Crippen LogP contribution in [-0.2, 0) is 0 Å². The quantitative estimate of drug-likeness (QED) is 0.542. The maximum atomic E-state index is 13.9. The molecule has 1 heterocycles. The number of nitrogens with one attached hydrogen (secondary N) is 1. The third-order valence-electron chi connectivity index (χ3n) is 3.24. The molecule has 112 valence electrons. The van der Waals surface area contributed by atoms with Crippen LogP contribution in [0.25, 0.3) is 10.9 Å². The molecular weight excluding hydrogens is 297 g/mol. The molecule has 0 aliphatic carbocycles. The number of thioether (sulfide) groups is 1. The number of halogens is 1. The molecule has 3 nitrogen and oxygen atoms in total. The van der Waals surface area contributed by atoms with Gasteiger partial charge < -0.3 is 5.32 Å². The monoisotopic (exact) mass is 313 g/mol. The number of rotatable bonds is 6. The highest BCUT2D eigenvalue weighted by Crippen LogP contribution is 2.22. The summed E-state index contributed by atoms with van der Waals surface area (Å²) in [7, 11) is 0. The molecule has 1 aromatic heterocycles. The smallest absolute Gasteiger partial charge is 0.140 e. The zero-order valence-electron chi connectivity index (χ0n) is 12.0. The van der Waals surface area contributed by atoms with Crippen LogP contribution in [0.2, 0.25) is 0 Å². The summed E-state index contributed by atoms with van der Waals surface area (Å²) in [6.07, 6.45) is 2.43. The SMILES string of the molecule is Fc1cccc2ncnc(NCCCSc3ccccc3)c12. The molecule has 2 aromatic carbocycles. The highest BCUT2D eigenvalue weighted by atomic mass is 32.2. The van der Waals surface area contributed by atoms with Gasteiger partial charge in [0.25, 0.3) is 0 Å². The number of nitrogens with zero attached hydrogens (tertiary/aromatic N) is 2. The van der Waals surface area contributed by atoms with E-state index >= 15 is 0 Å². The van der Waals surface area contributed by atoms with Gasteiger partial charge in [-0.3, -0.25) is 0 Å². The lowest BCUT2D eigenvalue weighted by Gasteiger charge is -2.08. The third-order valence-corrected chi connectivity index (χ3v) is 4.34. The van der Waals surface area contributed by atoms with Crippen LogP contribution >= 0.6 is 11.8 Å². The number of anilines is 1. The predicted molar refractivity (Wildman–Crippen MR) is 89.8 cm³/mol. The Morgan fingerprint density at radius 2 is 1.86 bits per heavy atom. The molecule has 3 aromatic rings. The second kappa shape index (κ2) is 7.22. The lowest BCUT2D eigenvalue weighted by molar-refractivity contribution is 0.639. The van der Waals surface area contributed by atoms with Gasteiger partial charge in [-0.1, -0.05) is 24.3 Å². The molecule has 0 fully saturated rings. The number of fused-ring (bicyclic) bond motifs is 1. The van der Waals surface area contributed by atoms with E-state index in [-0.39, 0.29) is 5.82 Å². The zero-order chi connectivity index (χ0) is 15.2. The van der Waals surface area contributed by atoms with E-state index in [1.54, 1.807) is 12.1 Å². The predicted octanol–water partition coefficient (Wildman–Crippen LogP) is 4.36. The first-order chi connectivity index (χ1) is 10.8. The van der Waals surface area contributed by atoms with E-state index in [2.05, 4.69) is 27.4 Å². The zero-order valence-corrected chi connectivity index (χ0v) is 12.8. The van der Waals surface area contributed by atoms with Gasteiger partial charge in [-0.25, -0.2) is 14.4 Å². The van der Waals surface area contributed by atoms with Crippen molar-refractivity contribution in [2.24, 2.45) is 0 Å². The Morgan fingerprint density at radius 3 is 2.73 bits per heavy atom. The summed E-state index contributed by atoms with van der Waals surface area (Å²) in [5.41, 5.74) is 0.621. The van der Waals surface area contributed by atoms with Gasteiger partial charge in [0, 0.05) is 11.4 Å². The molecule has 0 saturated carbocycles. The van der Waals surface area contributed by atoms with Crippen molar-refractivity contribution in [3.63, 3.8) is 0 Å². The van der Waals surface area contributed by atoms with Crippen LogP contribution in [0.5, 0.6) is 0 Å². The van der Waals surface area contributed by atoms with Crippen molar-refractivity contribution in [1.82, 2.24) is 9.97 Å². The van der Waals surface area contributed by atoms with Crippen molar-refractivity contribution in [3.8, 4) is 0 Å². The fourth-order valence-electron chi connectivity index (χ4n) is 2.19. The molecule has 0 radical (unpaired) electrons. The van der Waals surface area contributed by atoms with Gasteiger partial charge in [0.2, 0.25) is 0 Å². The molecule has 0 bridgehead atoms. The minimum Gasteiger partial charge on any atom is -0.369 e. The van der Waals surface area contributed by atoms with Crippen molar-refractivity contribution in [2.45, 2.75) is 11.3 Å². The van der Waals surface area contributed by atoms with Gasteiger partial charge in [-0.15, -0.1) is 11.8 Å². The van der Waals surface area contributed by atoms with Gasteiger partial charge in [-0.05, 0) is 36.4 Å². The van der Waals surface area contributed by atoms with Crippen LogP contribution in [0.15, 0.2) is 59.8 Å². The number of aromatic nitrogens is 2. The fourth-order valence-corrected chi connectivity index (χ4v) is 3.06. The molecule has 1 N–H and O–H groups in total. The molecule has 0 saturated heterocycles. The summed E-state index contributed by atoms with van der Waals surface area (Å²) in [5, 5.41) is 3.67. The second-order valence-electron chi connectivity index (χ2n) is 4.80. The summed E-state index contributed by atoms with van der Waals surface area (Å²) in [6, 6.07) is 15.2. The molecule has 0 unspecified atom stereocenters. The average molecular weight is 313 g/mol. The summed E-state index contributed by atoms with van der Waals surface area (Å²) in [4.78, 5) is 9.51. The standard InChI is InChI=1S/C17H16FN3S/c18-14-8-4-9-15-16(14)17(21-12-20-15)19-10-5-11-22-13-6-2-1-3-7-13/h1-4,6-9,12H,5,10-11H2,(H,19,20,21). The van der Waals surface area contributed by atoms with E-state index in [9.17, 15) is 4.39 Å². The molecule has 0 aliphatic heterocycles. The van der Waals surface area contributed by atoms with Crippen molar-refractivity contribution >= 4 is 28.5 Å². The first-order valence-electron chi connectivity index (χ1n) is 7.15. The van der Waals surface area contributed by atoms with E-state index in [1.807, 2.05) is 30.0 Å². The van der Waals surface area contributed by atoms with Crippen molar-refractivity contribution in [3.05, 3.63) is 60.7 Å². The highest BCUT2D eigenvalue weighted by molar-refractivity contribution is 7.99. The van der Waals surface area contributed by atoms with Crippen molar-refractivity contribution in [2.75, 3.05) is 17.6 Å². The Kier molecular flexibility index (Phi) is 4.85. The summed E-state index contributed by atoms with van der Waals surface area (Å²) < 4.78 is 13.9. The summed E-state index contributed by atoms with van der Waals surface area (Å²) >= 11 is 1.82. The number of hydrogen-bond donors (Lipinski definition) is 1. The van der Waals surface area contributed by atoms with Crippen LogP contribution in [-0.4, -0.2) is 22.3 Å². The van der Waals surface area contributed by atoms with Crippen molar-refractivity contribution in [1.29, 1.82) is 0 Å². The Morgan fingerprint density at radius 1 is 1.00 bits per heavy atom. The first kappa shape index (κ1) is 14.8. The molecule has 0 aliphatic rings. The molecule has 0 amide bonds. The molecule has 0 spiro atoms. The van der Waals surface area contributed by atoms with Crippen LogP contribution in [0.3, 0.4) is 0 Å². The fraction of sp³-hybridized carbons (Fsp3) is 0.176. The van der Waals surface area contributed by atoms with Gasteiger partial charge in [-0.2, -0.15) is 0 Å². The lowest BCUT2D eigenvalue weighted by atomic mass is 10.2. The van der Waals surface area contributed by atoms with E-state index in [1.165, 1.54) is 17.3 Å². The highest BCUT2D eigenvalue weighted by Gasteiger charge is 2.07. The first-order valence-corrected chi connectivity index (χ1v) is 8.14. The van der Waals surface area contributed by atoms with Gasteiger partial charge in [0.05, 0.1) is 10.9 Å². The maximum Gasteiger partial charge on any atom is 0.140 e. The van der Waals surface area contributed by atoms with Crippen LogP contribution < -0.4 is 5.32 Å². The van der Waals surface area contributed by atoms with E-state index in [0.717, 1.165) is 18.7 Å². The molecule has 5 heteroatoms. The van der Waals surface area contributed by atoms with Gasteiger partial charge in [0.1, 0.15) is 18.0 Å². The Bertz CT molecular complexity index is 744. The molecule has 22 heavy (non-hydrogen) atoms. The van der Waals surface area contributed by atoms with Gasteiger partial charge in [0.15, 0.2) is 0 Å². The summed E-state index contributed by atoms with van der Waals surface area (Å²) in [6.45, 7) is 0.750. The third kappa shape index (κ3) is 3.54. The van der Waals surface area contributed by atoms with E-state index < -0.39 is 0 Å². The van der Waals surface area contributed by atoms with Crippen molar-refractivity contribution < 1.29 is 4.39 Å². The average Bonchev–Trinajstić information content (AvgIpc) is 2.56. The maximum absolute atomic E-state index is 13.9. The van der Waals surface area contributed by atoms with E-state index in [4.69, 9.17) is 0 Å². The Balaban J connectivity index is 1.56. The second-order valence-corrected chi connectivity index (χ2v) is 5.97. The largest absolute Gasteiger partial charge is 0.369 e. The Labute approximate surface area is 133 Å².